The highest BCUT2D eigenvalue weighted by molar-refractivity contribution is 5.32. The average Bonchev–Trinajstić information content (AvgIpc) is 2.37. The number of rotatable bonds is 2. The van der Waals surface area contributed by atoms with Gasteiger partial charge in [-0.1, -0.05) is 45.0 Å². The SMILES string of the molecule is CC(C)(C)c1ccc(C(C)(C)n2ccc(N)nc2=O)cc1. The van der Waals surface area contributed by atoms with Gasteiger partial charge < -0.3 is 5.73 Å². The van der Waals surface area contributed by atoms with Crippen LogP contribution in [0.1, 0.15) is 45.7 Å². The molecule has 1 heterocycles. The minimum atomic E-state index is -0.478. The van der Waals surface area contributed by atoms with Crippen LogP contribution < -0.4 is 11.4 Å². The molecule has 2 rings (SSSR count). The van der Waals surface area contributed by atoms with E-state index in [1.165, 1.54) is 5.56 Å². The molecule has 1 aromatic carbocycles. The molecule has 112 valence electrons. The van der Waals surface area contributed by atoms with Crippen molar-refractivity contribution >= 4 is 5.82 Å². The fraction of sp³-hybridized carbons (Fsp3) is 0.412. The number of nitrogen functional groups attached to an aromatic ring is 1. The summed E-state index contributed by atoms with van der Waals surface area (Å²) in [6.07, 6.45) is 1.70. The minimum Gasteiger partial charge on any atom is -0.383 e. The van der Waals surface area contributed by atoms with Crippen molar-refractivity contribution in [3.05, 3.63) is 58.1 Å². The molecule has 0 atom stereocenters. The Hall–Kier alpha value is -2.10. The Morgan fingerprint density at radius 2 is 1.48 bits per heavy atom. The van der Waals surface area contributed by atoms with E-state index in [2.05, 4.69) is 50.0 Å². The van der Waals surface area contributed by atoms with Gasteiger partial charge in [-0.25, -0.2) is 4.79 Å². The van der Waals surface area contributed by atoms with Crippen LogP contribution in [0.2, 0.25) is 0 Å². The summed E-state index contributed by atoms with van der Waals surface area (Å²) in [4.78, 5) is 15.9. The molecule has 21 heavy (non-hydrogen) atoms. The van der Waals surface area contributed by atoms with E-state index in [-0.39, 0.29) is 16.9 Å². The first-order chi connectivity index (χ1) is 9.62. The quantitative estimate of drug-likeness (QED) is 0.923. The monoisotopic (exact) mass is 285 g/mol. The van der Waals surface area contributed by atoms with Gasteiger partial charge in [-0.3, -0.25) is 4.57 Å². The maximum atomic E-state index is 12.1. The Bertz CT molecular complexity index is 691. The molecule has 0 bridgehead atoms. The van der Waals surface area contributed by atoms with E-state index in [1.807, 2.05) is 13.8 Å². The van der Waals surface area contributed by atoms with Crippen LogP contribution in [0.4, 0.5) is 5.82 Å². The molecule has 0 radical (unpaired) electrons. The first kappa shape index (κ1) is 15.3. The zero-order valence-corrected chi connectivity index (χ0v) is 13.3. The molecule has 0 spiro atoms. The van der Waals surface area contributed by atoms with Crippen LogP contribution in [-0.2, 0) is 11.0 Å². The second-order valence-corrected chi connectivity index (χ2v) is 6.89. The lowest BCUT2D eigenvalue weighted by molar-refractivity contribution is 0.414. The van der Waals surface area contributed by atoms with Crippen molar-refractivity contribution in [3.63, 3.8) is 0 Å². The van der Waals surface area contributed by atoms with Crippen molar-refractivity contribution in [2.24, 2.45) is 0 Å². The molecular weight excluding hydrogens is 262 g/mol. The highest BCUT2D eigenvalue weighted by Crippen LogP contribution is 2.28. The number of aromatic nitrogens is 2. The van der Waals surface area contributed by atoms with Crippen LogP contribution in [0.25, 0.3) is 0 Å². The normalized spacial score (nSPS) is 12.4. The fourth-order valence-corrected chi connectivity index (χ4v) is 2.36. The van der Waals surface area contributed by atoms with Crippen molar-refractivity contribution in [2.75, 3.05) is 5.73 Å². The molecule has 0 saturated heterocycles. The standard InChI is InChI=1S/C17H23N3O/c1-16(2,3)12-6-8-13(9-7-12)17(4,5)20-11-10-14(18)19-15(20)21/h6-11H,1-5H3,(H2,18,19,21). The number of hydrogen-bond donors (Lipinski definition) is 1. The molecule has 4 nitrogen and oxygen atoms in total. The van der Waals surface area contributed by atoms with Crippen molar-refractivity contribution in [1.82, 2.24) is 9.55 Å². The number of nitrogens with two attached hydrogens (primary N) is 1. The van der Waals surface area contributed by atoms with E-state index in [1.54, 1.807) is 16.8 Å². The van der Waals surface area contributed by atoms with E-state index in [9.17, 15) is 4.79 Å². The highest BCUT2D eigenvalue weighted by atomic mass is 16.1. The summed E-state index contributed by atoms with van der Waals surface area (Å²) in [6, 6.07) is 10.0. The molecule has 0 unspecified atom stereocenters. The molecule has 1 aromatic heterocycles. The number of nitrogens with zero attached hydrogens (tertiary/aromatic N) is 2. The smallest absolute Gasteiger partial charge is 0.350 e. The number of hydrogen-bond acceptors (Lipinski definition) is 3. The Morgan fingerprint density at radius 3 is 1.95 bits per heavy atom. The third-order valence-corrected chi connectivity index (χ3v) is 3.88. The van der Waals surface area contributed by atoms with Gasteiger partial charge in [0, 0.05) is 6.20 Å². The van der Waals surface area contributed by atoms with E-state index in [0.29, 0.717) is 0 Å². The van der Waals surface area contributed by atoms with Crippen LogP contribution in [-0.4, -0.2) is 9.55 Å². The van der Waals surface area contributed by atoms with Crippen LogP contribution in [0.3, 0.4) is 0 Å². The van der Waals surface area contributed by atoms with E-state index < -0.39 is 5.54 Å². The predicted molar refractivity (Wildman–Crippen MR) is 86.5 cm³/mol. The Kier molecular flexibility index (Phi) is 3.66. The van der Waals surface area contributed by atoms with Crippen LogP contribution in [0, 0.1) is 0 Å². The van der Waals surface area contributed by atoms with Gasteiger partial charge in [0.2, 0.25) is 0 Å². The molecule has 0 amide bonds. The summed E-state index contributed by atoms with van der Waals surface area (Å²) in [5.74, 6) is 0.245. The third-order valence-electron chi connectivity index (χ3n) is 3.88. The van der Waals surface area contributed by atoms with Crippen molar-refractivity contribution in [1.29, 1.82) is 0 Å². The lowest BCUT2D eigenvalue weighted by Crippen LogP contribution is -2.38. The summed E-state index contributed by atoms with van der Waals surface area (Å²) in [5.41, 5.74) is 7.18. The zero-order chi connectivity index (χ0) is 15.8. The first-order valence-electron chi connectivity index (χ1n) is 7.09. The molecule has 0 saturated carbocycles. The molecule has 0 aliphatic heterocycles. The first-order valence-corrected chi connectivity index (χ1v) is 7.09. The van der Waals surface area contributed by atoms with Crippen molar-refractivity contribution in [2.45, 2.75) is 45.6 Å². The maximum Gasteiger partial charge on any atom is 0.350 e. The highest BCUT2D eigenvalue weighted by Gasteiger charge is 2.25. The summed E-state index contributed by atoms with van der Waals surface area (Å²) < 4.78 is 1.61. The van der Waals surface area contributed by atoms with Crippen LogP contribution >= 0.6 is 0 Å². The average molecular weight is 285 g/mol. The topological polar surface area (TPSA) is 60.9 Å². The van der Waals surface area contributed by atoms with Gasteiger partial charge >= 0.3 is 5.69 Å². The maximum absolute atomic E-state index is 12.1. The molecular formula is C17H23N3O. The van der Waals surface area contributed by atoms with Crippen molar-refractivity contribution < 1.29 is 0 Å². The van der Waals surface area contributed by atoms with E-state index in [4.69, 9.17) is 5.73 Å². The van der Waals surface area contributed by atoms with Crippen molar-refractivity contribution in [3.8, 4) is 0 Å². The molecule has 0 aliphatic rings. The van der Waals surface area contributed by atoms with Gasteiger partial charge in [0.15, 0.2) is 0 Å². The Morgan fingerprint density at radius 1 is 0.952 bits per heavy atom. The van der Waals surface area contributed by atoms with E-state index >= 15 is 0 Å². The lowest BCUT2D eigenvalue weighted by atomic mass is 9.84. The summed E-state index contributed by atoms with van der Waals surface area (Å²) >= 11 is 0. The number of benzene rings is 1. The predicted octanol–water partition coefficient (Wildman–Crippen LogP) is 2.91. The number of anilines is 1. The van der Waals surface area contributed by atoms with E-state index in [0.717, 1.165) is 5.56 Å². The summed E-state index contributed by atoms with van der Waals surface area (Å²) in [6.45, 7) is 10.5. The van der Waals surface area contributed by atoms with Gasteiger partial charge in [-0.15, -0.1) is 0 Å². The molecule has 0 fully saturated rings. The molecule has 4 heteroatoms. The lowest BCUT2D eigenvalue weighted by Gasteiger charge is -2.29. The van der Waals surface area contributed by atoms with Crippen LogP contribution in [0.5, 0.6) is 0 Å². The van der Waals surface area contributed by atoms with Gasteiger partial charge in [-0.05, 0) is 36.5 Å². The fourth-order valence-electron chi connectivity index (χ4n) is 2.36. The zero-order valence-electron chi connectivity index (χ0n) is 13.3. The second-order valence-electron chi connectivity index (χ2n) is 6.89. The van der Waals surface area contributed by atoms with Crippen LogP contribution in [0.15, 0.2) is 41.3 Å². The van der Waals surface area contributed by atoms with Gasteiger partial charge in [0.05, 0.1) is 5.54 Å². The third kappa shape index (κ3) is 2.99. The molecule has 0 aliphatic carbocycles. The second kappa shape index (κ2) is 5.02. The Labute approximate surface area is 125 Å². The van der Waals surface area contributed by atoms with Gasteiger partial charge in [-0.2, -0.15) is 4.98 Å². The Balaban J connectivity index is 2.46. The summed E-state index contributed by atoms with van der Waals surface area (Å²) in [5, 5.41) is 0. The van der Waals surface area contributed by atoms with Gasteiger partial charge in [0.25, 0.3) is 0 Å². The molecule has 2 N–H and O–H groups in total. The van der Waals surface area contributed by atoms with Gasteiger partial charge in [0.1, 0.15) is 5.82 Å². The molecule has 2 aromatic rings. The summed E-state index contributed by atoms with van der Waals surface area (Å²) in [7, 11) is 0. The minimum absolute atomic E-state index is 0.113. The largest absolute Gasteiger partial charge is 0.383 e.